The van der Waals surface area contributed by atoms with E-state index in [2.05, 4.69) is 19.2 Å². The third-order valence-corrected chi connectivity index (χ3v) is 13.7. The van der Waals surface area contributed by atoms with Gasteiger partial charge in [0.1, 0.15) is 61.0 Å². The minimum absolute atomic E-state index is 0.203. The second-order valence-electron chi connectivity index (χ2n) is 19.7. The van der Waals surface area contributed by atoms with E-state index in [0.717, 1.165) is 44.9 Å². The zero-order chi connectivity index (χ0) is 49.2. The number of nitrogens with one attached hydrogen (secondary N) is 1. The third kappa shape index (κ3) is 25.2. The maximum atomic E-state index is 13.3. The number of hydrogen-bond acceptors (Lipinski definition) is 15. The van der Waals surface area contributed by atoms with Crippen LogP contribution in [0.3, 0.4) is 0 Å². The highest BCUT2D eigenvalue weighted by Crippen LogP contribution is 2.31. The zero-order valence-corrected chi connectivity index (χ0v) is 41.6. The molecule has 16 heteroatoms. The predicted molar refractivity (Wildman–Crippen MR) is 257 cm³/mol. The Bertz CT molecular complexity index is 1180. The number of unbranched alkanes of at least 4 members (excludes halogenated alkanes) is 27. The first-order valence-electron chi connectivity index (χ1n) is 27.0. The maximum Gasteiger partial charge on any atom is 0.249 e. The summed E-state index contributed by atoms with van der Waals surface area (Å²) >= 11 is 0. The Labute approximate surface area is 403 Å². The van der Waals surface area contributed by atoms with Crippen LogP contribution in [0.15, 0.2) is 0 Å². The van der Waals surface area contributed by atoms with Crippen molar-refractivity contribution in [2.45, 2.75) is 299 Å². The Morgan fingerprint density at radius 2 is 0.970 bits per heavy atom. The molecule has 16 nitrogen and oxygen atoms in total. The van der Waals surface area contributed by atoms with Gasteiger partial charge in [-0.05, 0) is 12.8 Å². The molecule has 0 saturated carbocycles. The summed E-state index contributed by atoms with van der Waals surface area (Å²) in [6, 6.07) is -1.28. The first-order valence-corrected chi connectivity index (χ1v) is 27.0. The van der Waals surface area contributed by atoms with Crippen molar-refractivity contribution in [2.75, 3.05) is 19.8 Å². The van der Waals surface area contributed by atoms with Gasteiger partial charge in [0, 0.05) is 0 Å². The van der Waals surface area contributed by atoms with Gasteiger partial charge >= 0.3 is 0 Å². The van der Waals surface area contributed by atoms with Crippen LogP contribution < -0.4 is 5.32 Å². The number of rotatable bonds is 43. The molecule has 0 aliphatic carbocycles. The molecule has 14 unspecified atom stereocenters. The summed E-state index contributed by atoms with van der Waals surface area (Å²) in [7, 11) is 0. The van der Waals surface area contributed by atoms with E-state index < -0.39 is 111 Å². The lowest BCUT2D eigenvalue weighted by Crippen LogP contribution is -2.62. The Kier molecular flexibility index (Phi) is 35.7. The second-order valence-corrected chi connectivity index (χ2v) is 19.7. The molecule has 2 rings (SSSR count). The lowest BCUT2D eigenvalue weighted by molar-refractivity contribution is -0.332. The lowest BCUT2D eigenvalue weighted by Gasteiger charge is -2.43. The molecule has 0 spiro atoms. The molecule has 0 bridgehead atoms. The maximum absolute atomic E-state index is 13.3. The normalized spacial score (nSPS) is 26.7. The molecule has 0 aromatic carbocycles. The highest BCUT2D eigenvalue weighted by Gasteiger charge is 2.52. The van der Waals surface area contributed by atoms with Gasteiger partial charge in [-0.15, -0.1) is 0 Å². The minimum Gasteiger partial charge on any atom is -0.394 e. The van der Waals surface area contributed by atoms with E-state index in [9.17, 15) is 55.9 Å². The van der Waals surface area contributed by atoms with Crippen molar-refractivity contribution in [3.05, 3.63) is 0 Å². The molecule has 0 aromatic rings. The molecule has 2 saturated heterocycles. The number of aliphatic hydroxyl groups is 10. The summed E-state index contributed by atoms with van der Waals surface area (Å²) in [4.78, 5) is 13.3. The van der Waals surface area contributed by atoms with Gasteiger partial charge in [-0.2, -0.15) is 0 Å². The monoisotopic (exact) mass is 966 g/mol. The van der Waals surface area contributed by atoms with Gasteiger partial charge in [-0.3, -0.25) is 4.79 Å². The number of carbonyl (C=O) groups excluding carboxylic acids is 1. The molecule has 2 fully saturated rings. The fourth-order valence-electron chi connectivity index (χ4n) is 9.24. The molecular weight excluding hydrogens is 867 g/mol. The quantitative estimate of drug-likeness (QED) is 0.0345. The highest BCUT2D eigenvalue weighted by atomic mass is 16.7. The van der Waals surface area contributed by atoms with Crippen molar-refractivity contribution in [1.82, 2.24) is 5.32 Å². The van der Waals surface area contributed by atoms with Crippen LogP contribution >= 0.6 is 0 Å². The van der Waals surface area contributed by atoms with Crippen LogP contribution in [0, 0.1) is 0 Å². The van der Waals surface area contributed by atoms with Gasteiger partial charge in [-0.1, -0.05) is 200 Å². The first kappa shape index (κ1) is 62.0. The van der Waals surface area contributed by atoms with Crippen molar-refractivity contribution in [2.24, 2.45) is 0 Å². The smallest absolute Gasteiger partial charge is 0.249 e. The molecular formula is C51H99NO15. The van der Waals surface area contributed by atoms with Crippen molar-refractivity contribution < 1.29 is 74.8 Å². The lowest BCUT2D eigenvalue weighted by atomic mass is 9.98. The van der Waals surface area contributed by atoms with Gasteiger partial charge in [-0.25, -0.2) is 0 Å². The summed E-state index contributed by atoms with van der Waals surface area (Å²) in [5.41, 5.74) is 0. The van der Waals surface area contributed by atoms with Crippen LogP contribution in [0.2, 0.25) is 0 Å². The second kappa shape index (κ2) is 38.6. The summed E-state index contributed by atoms with van der Waals surface area (Å²) < 4.78 is 22.6. The van der Waals surface area contributed by atoms with Crippen LogP contribution in [-0.4, -0.2) is 163 Å². The zero-order valence-electron chi connectivity index (χ0n) is 41.6. The van der Waals surface area contributed by atoms with E-state index in [0.29, 0.717) is 12.8 Å². The average Bonchev–Trinajstić information content (AvgIpc) is 3.61. The van der Waals surface area contributed by atoms with Crippen molar-refractivity contribution in [1.29, 1.82) is 0 Å². The largest absolute Gasteiger partial charge is 0.394 e. The number of aliphatic hydroxyl groups excluding tert-OH is 10. The molecule has 0 radical (unpaired) electrons. The number of hydrogen-bond donors (Lipinski definition) is 11. The van der Waals surface area contributed by atoms with Crippen LogP contribution in [-0.2, 0) is 23.7 Å². The van der Waals surface area contributed by atoms with E-state index in [1.807, 2.05) is 0 Å². The number of carbonyl (C=O) groups is 1. The van der Waals surface area contributed by atoms with E-state index in [1.54, 1.807) is 0 Å². The fraction of sp³-hybridized carbons (Fsp3) is 0.980. The molecule has 2 aliphatic rings. The van der Waals surface area contributed by atoms with E-state index >= 15 is 0 Å². The minimum atomic E-state index is -1.82. The molecule has 1 amide bonds. The molecule has 2 heterocycles. The molecule has 67 heavy (non-hydrogen) atoms. The van der Waals surface area contributed by atoms with Gasteiger partial charge in [0.2, 0.25) is 5.91 Å². The fourth-order valence-corrected chi connectivity index (χ4v) is 9.24. The van der Waals surface area contributed by atoms with Crippen molar-refractivity contribution in [3.8, 4) is 0 Å². The average molecular weight is 966 g/mol. The topological polar surface area (TPSA) is 268 Å². The Balaban J connectivity index is 1.90. The van der Waals surface area contributed by atoms with Gasteiger partial charge in [0.15, 0.2) is 12.6 Å². The van der Waals surface area contributed by atoms with E-state index in [-0.39, 0.29) is 12.8 Å². The summed E-state index contributed by atoms with van der Waals surface area (Å²) in [5, 5.41) is 108. The van der Waals surface area contributed by atoms with E-state index in [4.69, 9.17) is 18.9 Å². The third-order valence-electron chi connectivity index (χ3n) is 13.7. The highest BCUT2D eigenvalue weighted by molar-refractivity contribution is 5.80. The van der Waals surface area contributed by atoms with Crippen LogP contribution in [0.4, 0.5) is 0 Å². The molecule has 398 valence electrons. The standard InChI is InChI=1S/C51H99NO15/c1-3-5-7-9-11-13-15-17-18-19-20-21-23-25-27-29-31-33-39(56)49(63)52-37(42(58)38(55)32-30-28-26-24-22-16-14-12-10-8-6-4-2)36-64-50-46(62)48(43(59)41(35-54)65-50)67-51-45(61)44(60)47(66-51)40(57)34-53/h37-48,50-51,53-62H,3-36H2,1-2H3,(H,52,63). The summed E-state index contributed by atoms with van der Waals surface area (Å²) in [6.07, 6.45) is 14.1. The van der Waals surface area contributed by atoms with Gasteiger partial charge in [0.05, 0.1) is 32.0 Å². The number of amides is 1. The van der Waals surface area contributed by atoms with Crippen LogP contribution in [0.5, 0.6) is 0 Å². The van der Waals surface area contributed by atoms with Gasteiger partial charge < -0.3 is 75.3 Å². The predicted octanol–water partition coefficient (Wildman–Crippen LogP) is 5.33. The molecule has 0 aromatic heterocycles. The summed E-state index contributed by atoms with van der Waals surface area (Å²) in [5.74, 6) is -0.762. The Morgan fingerprint density at radius 1 is 0.537 bits per heavy atom. The van der Waals surface area contributed by atoms with E-state index in [1.165, 1.54) is 128 Å². The molecule has 2 aliphatic heterocycles. The van der Waals surface area contributed by atoms with Crippen molar-refractivity contribution in [3.63, 3.8) is 0 Å². The Hall–Kier alpha value is -1.09. The molecule has 11 N–H and O–H groups in total. The van der Waals surface area contributed by atoms with Crippen LogP contribution in [0.1, 0.15) is 213 Å². The van der Waals surface area contributed by atoms with Gasteiger partial charge in [0.25, 0.3) is 0 Å². The van der Waals surface area contributed by atoms with Crippen LogP contribution in [0.25, 0.3) is 0 Å². The first-order chi connectivity index (χ1) is 32.4. The Morgan fingerprint density at radius 3 is 1.40 bits per heavy atom. The SMILES string of the molecule is CCCCCCCCCCCCCCCCCCCC(O)C(=O)NC(COC1OC(CO)C(O)C(OC2OC(C(O)CO)C(O)C2O)C1O)C(O)C(O)CCCCCCCCCCCCCC. The van der Waals surface area contributed by atoms with Crippen molar-refractivity contribution >= 4 is 5.91 Å². The summed E-state index contributed by atoms with van der Waals surface area (Å²) in [6.45, 7) is 2.38. The molecule has 14 atom stereocenters. The number of ether oxygens (including phenoxy) is 4.